The van der Waals surface area contributed by atoms with E-state index in [4.69, 9.17) is 9.26 Å². The summed E-state index contributed by atoms with van der Waals surface area (Å²) in [4.78, 5) is 4.26. The number of nitrogens with one attached hydrogen (secondary N) is 2. The molecule has 1 atom stereocenters. The summed E-state index contributed by atoms with van der Waals surface area (Å²) >= 11 is 0. The van der Waals surface area contributed by atoms with E-state index in [2.05, 4.69) is 39.8 Å². The largest absolute Gasteiger partial charge is 0.376 e. The molecule has 29 heavy (non-hydrogen) atoms. The van der Waals surface area contributed by atoms with Gasteiger partial charge in [0.05, 0.1) is 19.8 Å². The SMILES string of the molecule is CN=C(NCc1cc(-c2ccccc2)on1)NCC(C)COCc1ccccc1. The highest BCUT2D eigenvalue weighted by Crippen LogP contribution is 2.19. The second-order valence-electron chi connectivity index (χ2n) is 6.96. The number of rotatable bonds is 9. The molecule has 0 aliphatic heterocycles. The highest BCUT2D eigenvalue weighted by molar-refractivity contribution is 5.79. The first kappa shape index (κ1) is 20.6. The lowest BCUT2D eigenvalue weighted by molar-refractivity contribution is 0.0931. The minimum Gasteiger partial charge on any atom is -0.376 e. The second-order valence-corrected chi connectivity index (χ2v) is 6.96. The fraction of sp³-hybridized carbons (Fsp3) is 0.304. The number of guanidine groups is 1. The first-order chi connectivity index (χ1) is 14.2. The van der Waals surface area contributed by atoms with Crippen LogP contribution in [-0.2, 0) is 17.9 Å². The number of aromatic nitrogens is 1. The lowest BCUT2D eigenvalue weighted by Crippen LogP contribution is -2.39. The molecule has 2 aromatic carbocycles. The molecule has 0 saturated heterocycles. The third-order valence-electron chi connectivity index (χ3n) is 4.41. The maximum Gasteiger partial charge on any atom is 0.191 e. The van der Waals surface area contributed by atoms with Crippen molar-refractivity contribution in [1.82, 2.24) is 15.8 Å². The number of ether oxygens (including phenoxy) is 1. The highest BCUT2D eigenvalue weighted by Gasteiger charge is 2.08. The second kappa shape index (κ2) is 11.0. The number of hydrogen-bond donors (Lipinski definition) is 2. The van der Waals surface area contributed by atoms with Gasteiger partial charge in [0.15, 0.2) is 11.7 Å². The van der Waals surface area contributed by atoms with Crippen molar-refractivity contribution in [3.8, 4) is 11.3 Å². The average molecular weight is 393 g/mol. The van der Waals surface area contributed by atoms with Gasteiger partial charge >= 0.3 is 0 Å². The van der Waals surface area contributed by atoms with Crippen molar-refractivity contribution in [3.63, 3.8) is 0 Å². The summed E-state index contributed by atoms with van der Waals surface area (Å²) in [5, 5.41) is 10.7. The van der Waals surface area contributed by atoms with E-state index in [-0.39, 0.29) is 0 Å². The zero-order valence-electron chi connectivity index (χ0n) is 17.0. The lowest BCUT2D eigenvalue weighted by atomic mass is 10.2. The van der Waals surface area contributed by atoms with Gasteiger partial charge in [-0.3, -0.25) is 4.99 Å². The summed E-state index contributed by atoms with van der Waals surface area (Å²) in [5.41, 5.74) is 3.02. The first-order valence-corrected chi connectivity index (χ1v) is 9.82. The van der Waals surface area contributed by atoms with Crippen LogP contribution in [0.2, 0.25) is 0 Å². The van der Waals surface area contributed by atoms with Crippen LogP contribution in [0, 0.1) is 5.92 Å². The molecular weight excluding hydrogens is 364 g/mol. The molecule has 3 rings (SSSR count). The van der Waals surface area contributed by atoms with Crippen LogP contribution in [0.25, 0.3) is 11.3 Å². The quantitative estimate of drug-likeness (QED) is 0.427. The molecule has 0 fully saturated rings. The molecule has 6 nitrogen and oxygen atoms in total. The van der Waals surface area contributed by atoms with Crippen LogP contribution < -0.4 is 10.6 Å². The number of nitrogens with zero attached hydrogens (tertiary/aromatic N) is 2. The van der Waals surface area contributed by atoms with Gasteiger partial charge in [0, 0.05) is 25.2 Å². The van der Waals surface area contributed by atoms with Gasteiger partial charge < -0.3 is 19.9 Å². The van der Waals surface area contributed by atoms with Crippen LogP contribution in [0.4, 0.5) is 0 Å². The van der Waals surface area contributed by atoms with E-state index in [1.165, 1.54) is 5.56 Å². The number of benzene rings is 2. The Bertz CT molecular complexity index is 878. The van der Waals surface area contributed by atoms with E-state index in [1.54, 1.807) is 7.05 Å². The maximum absolute atomic E-state index is 5.80. The molecule has 6 heteroatoms. The molecule has 0 saturated carbocycles. The van der Waals surface area contributed by atoms with Crippen molar-refractivity contribution in [2.24, 2.45) is 10.9 Å². The molecule has 0 aliphatic carbocycles. The molecule has 0 spiro atoms. The Labute approximate surface area is 172 Å². The summed E-state index contributed by atoms with van der Waals surface area (Å²) in [7, 11) is 1.75. The molecule has 1 heterocycles. The Morgan fingerprint density at radius 3 is 2.52 bits per heavy atom. The molecule has 0 aliphatic rings. The lowest BCUT2D eigenvalue weighted by Gasteiger charge is -2.16. The molecule has 3 aromatic rings. The monoisotopic (exact) mass is 392 g/mol. The summed E-state index contributed by atoms with van der Waals surface area (Å²) in [6.45, 7) is 4.77. The molecule has 1 unspecified atom stereocenters. The van der Waals surface area contributed by atoms with Crippen molar-refractivity contribution in [2.75, 3.05) is 20.2 Å². The molecule has 0 amide bonds. The van der Waals surface area contributed by atoms with E-state index < -0.39 is 0 Å². The van der Waals surface area contributed by atoms with Gasteiger partial charge in [-0.15, -0.1) is 0 Å². The van der Waals surface area contributed by atoms with Crippen molar-refractivity contribution in [3.05, 3.63) is 78.0 Å². The normalized spacial score (nSPS) is 12.6. The van der Waals surface area contributed by atoms with Crippen molar-refractivity contribution in [1.29, 1.82) is 0 Å². The number of aliphatic imine (C=N–C) groups is 1. The van der Waals surface area contributed by atoms with Crippen LogP contribution in [0.5, 0.6) is 0 Å². The fourth-order valence-electron chi connectivity index (χ4n) is 2.81. The maximum atomic E-state index is 5.80. The summed E-state index contributed by atoms with van der Waals surface area (Å²) in [6, 6.07) is 22.1. The van der Waals surface area contributed by atoms with E-state index in [9.17, 15) is 0 Å². The van der Waals surface area contributed by atoms with Gasteiger partial charge in [0.1, 0.15) is 5.69 Å². The fourth-order valence-corrected chi connectivity index (χ4v) is 2.81. The van der Waals surface area contributed by atoms with Gasteiger partial charge in [-0.2, -0.15) is 0 Å². The predicted octanol–water partition coefficient (Wildman–Crippen LogP) is 3.86. The molecule has 2 N–H and O–H groups in total. The number of hydrogen-bond acceptors (Lipinski definition) is 4. The van der Waals surface area contributed by atoms with Crippen LogP contribution >= 0.6 is 0 Å². The van der Waals surface area contributed by atoms with Gasteiger partial charge in [0.2, 0.25) is 0 Å². The predicted molar refractivity (Wildman–Crippen MR) is 115 cm³/mol. The molecule has 0 bridgehead atoms. The molecule has 152 valence electrons. The van der Waals surface area contributed by atoms with Crippen LogP contribution in [-0.4, -0.2) is 31.3 Å². The van der Waals surface area contributed by atoms with Crippen LogP contribution in [0.1, 0.15) is 18.2 Å². The van der Waals surface area contributed by atoms with Crippen molar-refractivity contribution in [2.45, 2.75) is 20.1 Å². The van der Waals surface area contributed by atoms with Gasteiger partial charge in [0.25, 0.3) is 0 Å². The molecular formula is C23H28N4O2. The minimum absolute atomic E-state index is 0.356. The molecule has 1 aromatic heterocycles. The van der Waals surface area contributed by atoms with Crippen molar-refractivity contribution >= 4 is 5.96 Å². The highest BCUT2D eigenvalue weighted by atomic mass is 16.5. The van der Waals surface area contributed by atoms with E-state index in [0.29, 0.717) is 25.7 Å². The van der Waals surface area contributed by atoms with Crippen molar-refractivity contribution < 1.29 is 9.26 Å². The first-order valence-electron chi connectivity index (χ1n) is 9.82. The smallest absolute Gasteiger partial charge is 0.191 e. The van der Waals surface area contributed by atoms with E-state index in [1.807, 2.05) is 54.6 Å². The average Bonchev–Trinajstić information content (AvgIpc) is 3.24. The molecule has 0 radical (unpaired) electrons. The standard InChI is InChI=1S/C23H28N4O2/c1-18(16-28-17-19-9-5-3-6-10-19)14-25-23(24-2)26-15-21-13-22(29-27-21)20-11-7-4-8-12-20/h3-13,18H,14-17H2,1-2H3,(H2,24,25,26). The van der Waals surface area contributed by atoms with Gasteiger partial charge in [-0.05, 0) is 11.5 Å². The topological polar surface area (TPSA) is 71.7 Å². The van der Waals surface area contributed by atoms with E-state index >= 15 is 0 Å². The van der Waals surface area contributed by atoms with Crippen LogP contribution in [0.3, 0.4) is 0 Å². The van der Waals surface area contributed by atoms with E-state index in [0.717, 1.165) is 29.5 Å². The van der Waals surface area contributed by atoms with Gasteiger partial charge in [-0.25, -0.2) is 0 Å². The Morgan fingerprint density at radius 2 is 1.79 bits per heavy atom. The zero-order valence-corrected chi connectivity index (χ0v) is 17.0. The third kappa shape index (κ3) is 6.76. The Kier molecular flexibility index (Phi) is 7.83. The Hall–Kier alpha value is -3.12. The van der Waals surface area contributed by atoms with Gasteiger partial charge in [-0.1, -0.05) is 72.7 Å². The summed E-state index contributed by atoms with van der Waals surface area (Å²) in [5.74, 6) is 1.84. The Balaban J connectivity index is 1.37. The third-order valence-corrected chi connectivity index (χ3v) is 4.41. The summed E-state index contributed by atoms with van der Waals surface area (Å²) in [6.07, 6.45) is 0. The van der Waals surface area contributed by atoms with Crippen LogP contribution in [0.15, 0.2) is 76.2 Å². The summed E-state index contributed by atoms with van der Waals surface area (Å²) < 4.78 is 11.2. The minimum atomic E-state index is 0.356. The zero-order chi connectivity index (χ0) is 20.3. The Morgan fingerprint density at radius 1 is 1.07 bits per heavy atom.